The SMILES string of the molecule is Cc1cscc1C(=O)Nc1ccc(C#N)cc1Cl. The zero-order valence-electron chi connectivity index (χ0n) is 9.53. The molecular weight excluding hydrogens is 268 g/mol. The average molecular weight is 277 g/mol. The number of amides is 1. The van der Waals surface area contributed by atoms with E-state index in [-0.39, 0.29) is 5.91 Å². The van der Waals surface area contributed by atoms with E-state index >= 15 is 0 Å². The van der Waals surface area contributed by atoms with Crippen molar-refractivity contribution in [2.45, 2.75) is 6.92 Å². The number of benzene rings is 1. The lowest BCUT2D eigenvalue weighted by Crippen LogP contribution is -2.12. The van der Waals surface area contributed by atoms with Gasteiger partial charge in [-0.2, -0.15) is 16.6 Å². The van der Waals surface area contributed by atoms with Crippen LogP contribution in [0.4, 0.5) is 5.69 Å². The van der Waals surface area contributed by atoms with Gasteiger partial charge in [0.15, 0.2) is 0 Å². The van der Waals surface area contributed by atoms with Gasteiger partial charge in [0, 0.05) is 5.38 Å². The minimum atomic E-state index is -0.194. The summed E-state index contributed by atoms with van der Waals surface area (Å²) in [5.74, 6) is -0.194. The molecule has 0 spiro atoms. The van der Waals surface area contributed by atoms with Crippen LogP contribution in [0.15, 0.2) is 29.0 Å². The molecule has 1 amide bonds. The van der Waals surface area contributed by atoms with Gasteiger partial charge in [-0.15, -0.1) is 0 Å². The third kappa shape index (κ3) is 2.53. The molecule has 2 aromatic rings. The van der Waals surface area contributed by atoms with Crippen molar-refractivity contribution in [1.29, 1.82) is 5.26 Å². The monoisotopic (exact) mass is 276 g/mol. The number of thiophene rings is 1. The third-order valence-electron chi connectivity index (χ3n) is 2.45. The molecule has 0 aliphatic heterocycles. The first-order valence-electron chi connectivity index (χ1n) is 5.15. The smallest absolute Gasteiger partial charge is 0.256 e. The molecule has 90 valence electrons. The van der Waals surface area contributed by atoms with Crippen molar-refractivity contribution in [3.05, 3.63) is 50.7 Å². The Morgan fingerprint density at radius 2 is 2.22 bits per heavy atom. The van der Waals surface area contributed by atoms with Crippen molar-refractivity contribution in [3.8, 4) is 6.07 Å². The highest BCUT2D eigenvalue weighted by atomic mass is 35.5. The van der Waals surface area contributed by atoms with Gasteiger partial charge in [0.25, 0.3) is 5.91 Å². The quantitative estimate of drug-likeness (QED) is 0.906. The second-order valence-corrected chi connectivity index (χ2v) is 4.88. The lowest BCUT2D eigenvalue weighted by Gasteiger charge is -2.07. The fourth-order valence-electron chi connectivity index (χ4n) is 1.47. The number of halogens is 1. The maximum atomic E-state index is 12.0. The predicted molar refractivity (Wildman–Crippen MR) is 73.2 cm³/mol. The van der Waals surface area contributed by atoms with Crippen molar-refractivity contribution in [2.24, 2.45) is 0 Å². The number of aryl methyl sites for hydroxylation is 1. The lowest BCUT2D eigenvalue weighted by atomic mass is 10.2. The molecular formula is C13H9ClN2OS. The number of nitriles is 1. The zero-order chi connectivity index (χ0) is 13.1. The molecule has 3 nitrogen and oxygen atoms in total. The van der Waals surface area contributed by atoms with E-state index in [1.165, 1.54) is 17.4 Å². The Balaban J connectivity index is 2.23. The first-order chi connectivity index (χ1) is 8.61. The van der Waals surface area contributed by atoms with Gasteiger partial charge in [0.2, 0.25) is 0 Å². The first kappa shape index (κ1) is 12.6. The number of rotatable bonds is 2. The minimum absolute atomic E-state index is 0.194. The maximum Gasteiger partial charge on any atom is 0.256 e. The average Bonchev–Trinajstić information content (AvgIpc) is 2.78. The van der Waals surface area contributed by atoms with Gasteiger partial charge in [-0.1, -0.05) is 11.6 Å². The van der Waals surface area contributed by atoms with Gasteiger partial charge in [0.05, 0.1) is 27.9 Å². The Kier molecular flexibility index (Phi) is 3.66. The molecule has 0 saturated heterocycles. The van der Waals surface area contributed by atoms with E-state index in [0.717, 1.165) is 5.56 Å². The lowest BCUT2D eigenvalue weighted by molar-refractivity contribution is 0.102. The summed E-state index contributed by atoms with van der Waals surface area (Å²) < 4.78 is 0. The summed E-state index contributed by atoms with van der Waals surface area (Å²) in [6, 6.07) is 6.75. The largest absolute Gasteiger partial charge is 0.321 e. The molecule has 0 atom stereocenters. The Morgan fingerprint density at radius 3 is 2.78 bits per heavy atom. The Morgan fingerprint density at radius 1 is 1.44 bits per heavy atom. The number of hydrogen-bond acceptors (Lipinski definition) is 3. The van der Waals surface area contributed by atoms with E-state index in [4.69, 9.17) is 16.9 Å². The molecule has 0 bridgehead atoms. The molecule has 0 fully saturated rings. The van der Waals surface area contributed by atoms with E-state index in [1.807, 2.05) is 18.4 Å². The van der Waals surface area contributed by atoms with E-state index in [1.54, 1.807) is 17.5 Å². The molecule has 1 aromatic carbocycles. The molecule has 0 saturated carbocycles. The van der Waals surface area contributed by atoms with Gasteiger partial charge >= 0.3 is 0 Å². The second kappa shape index (κ2) is 5.21. The fraction of sp³-hybridized carbons (Fsp3) is 0.0769. The van der Waals surface area contributed by atoms with Crippen molar-refractivity contribution < 1.29 is 4.79 Å². The normalized spacial score (nSPS) is 9.83. The van der Waals surface area contributed by atoms with Crippen LogP contribution >= 0.6 is 22.9 Å². The molecule has 1 heterocycles. The molecule has 1 N–H and O–H groups in total. The van der Waals surface area contributed by atoms with Gasteiger partial charge in [-0.05, 0) is 36.1 Å². The van der Waals surface area contributed by atoms with Crippen LogP contribution in [0.3, 0.4) is 0 Å². The summed E-state index contributed by atoms with van der Waals surface area (Å²) in [6.07, 6.45) is 0. The number of carbonyl (C=O) groups is 1. The number of anilines is 1. The third-order valence-corrected chi connectivity index (χ3v) is 3.62. The van der Waals surface area contributed by atoms with Crippen LogP contribution in [0.2, 0.25) is 5.02 Å². The summed E-state index contributed by atoms with van der Waals surface area (Å²) in [7, 11) is 0. The Hall–Kier alpha value is -1.83. The second-order valence-electron chi connectivity index (χ2n) is 3.73. The van der Waals surface area contributed by atoms with Crippen molar-refractivity contribution in [1.82, 2.24) is 0 Å². The van der Waals surface area contributed by atoms with Crippen molar-refractivity contribution in [2.75, 3.05) is 5.32 Å². The molecule has 5 heteroatoms. The molecule has 0 aliphatic carbocycles. The molecule has 2 rings (SSSR count). The van der Waals surface area contributed by atoms with Gasteiger partial charge < -0.3 is 5.32 Å². The first-order valence-corrected chi connectivity index (χ1v) is 6.47. The Bertz CT molecular complexity index is 643. The predicted octanol–water partition coefficient (Wildman–Crippen LogP) is 3.83. The van der Waals surface area contributed by atoms with Crippen LogP contribution in [-0.2, 0) is 0 Å². The Labute approximate surface area is 114 Å². The van der Waals surface area contributed by atoms with Crippen LogP contribution in [0.5, 0.6) is 0 Å². The van der Waals surface area contributed by atoms with Gasteiger partial charge in [-0.3, -0.25) is 4.79 Å². The molecule has 0 unspecified atom stereocenters. The number of hydrogen-bond donors (Lipinski definition) is 1. The maximum absolute atomic E-state index is 12.0. The van der Waals surface area contributed by atoms with Crippen LogP contribution in [0.25, 0.3) is 0 Å². The van der Waals surface area contributed by atoms with E-state index < -0.39 is 0 Å². The highest BCUT2D eigenvalue weighted by molar-refractivity contribution is 7.08. The number of nitrogens with zero attached hydrogens (tertiary/aromatic N) is 1. The molecule has 1 aromatic heterocycles. The van der Waals surface area contributed by atoms with E-state index in [9.17, 15) is 4.79 Å². The number of carbonyl (C=O) groups excluding carboxylic acids is 1. The summed E-state index contributed by atoms with van der Waals surface area (Å²) in [5, 5.41) is 15.5. The van der Waals surface area contributed by atoms with E-state index in [0.29, 0.717) is 21.8 Å². The summed E-state index contributed by atoms with van der Waals surface area (Å²) in [4.78, 5) is 12.0. The van der Waals surface area contributed by atoms with Gasteiger partial charge in [-0.25, -0.2) is 0 Å². The van der Waals surface area contributed by atoms with Crippen LogP contribution in [0, 0.1) is 18.3 Å². The summed E-state index contributed by atoms with van der Waals surface area (Å²) in [5.41, 5.74) is 2.54. The fourth-order valence-corrected chi connectivity index (χ4v) is 2.52. The van der Waals surface area contributed by atoms with Crippen molar-refractivity contribution >= 4 is 34.5 Å². The summed E-state index contributed by atoms with van der Waals surface area (Å²) >= 11 is 7.47. The van der Waals surface area contributed by atoms with Crippen molar-refractivity contribution in [3.63, 3.8) is 0 Å². The highest BCUT2D eigenvalue weighted by Gasteiger charge is 2.11. The standard InChI is InChI=1S/C13H9ClN2OS/c1-8-6-18-7-10(8)13(17)16-12-3-2-9(5-15)4-11(12)14/h2-4,6-7H,1H3,(H,16,17). The topological polar surface area (TPSA) is 52.9 Å². The van der Waals surface area contributed by atoms with E-state index in [2.05, 4.69) is 5.32 Å². The summed E-state index contributed by atoms with van der Waals surface area (Å²) in [6.45, 7) is 1.88. The van der Waals surface area contributed by atoms with Gasteiger partial charge in [0.1, 0.15) is 0 Å². The number of nitrogens with one attached hydrogen (secondary N) is 1. The molecule has 0 aliphatic rings. The molecule has 0 radical (unpaired) electrons. The minimum Gasteiger partial charge on any atom is -0.321 e. The van der Waals surface area contributed by atoms with Crippen LogP contribution in [0.1, 0.15) is 21.5 Å². The van der Waals surface area contributed by atoms with Crippen LogP contribution < -0.4 is 5.32 Å². The van der Waals surface area contributed by atoms with Crippen LogP contribution in [-0.4, -0.2) is 5.91 Å². The zero-order valence-corrected chi connectivity index (χ0v) is 11.1. The molecule has 18 heavy (non-hydrogen) atoms. The highest BCUT2D eigenvalue weighted by Crippen LogP contribution is 2.24.